The van der Waals surface area contributed by atoms with Crippen molar-refractivity contribution >= 4 is 41.0 Å². The minimum absolute atomic E-state index is 0. The second-order valence-electron chi connectivity index (χ2n) is 15.0. The van der Waals surface area contributed by atoms with E-state index in [-0.39, 0.29) is 98.9 Å². The molecule has 0 fully saturated rings. The van der Waals surface area contributed by atoms with E-state index in [2.05, 4.69) is 26.0 Å². The molecule has 0 aromatic heterocycles. The molecule has 0 unspecified atom stereocenters. The number of hydrogen-bond donors (Lipinski definition) is 3. The Balaban J connectivity index is -0.00000250. The number of aliphatic hydroxyl groups excluding tert-OH is 2. The maximum absolute atomic E-state index is 13.0. The summed E-state index contributed by atoms with van der Waals surface area (Å²) < 4.78 is 12.1. The van der Waals surface area contributed by atoms with E-state index in [0.717, 1.165) is 24.8 Å². The average molecular weight is 741 g/mol. The maximum atomic E-state index is 13.0. The SMILES string of the molecule is CCCCCCCCCCCCCCCCCC(=O)O[C@@H]1C=C2C=C[C@H](C)[C@H](CC[C@@H](O)C[C@@H](O)CC(=O)O)[C@H]2[C@@H](OC(=O)[C@@H](C)CC)C1.[H-].[H-].[H-].[Mg+2].[Na+]. The minimum atomic E-state index is -1.10. The van der Waals surface area contributed by atoms with Crippen LogP contribution in [-0.4, -0.2) is 80.7 Å². The quantitative estimate of drug-likeness (QED) is 0.0515. The van der Waals surface area contributed by atoms with Crippen molar-refractivity contribution in [3.63, 3.8) is 0 Å². The molecule has 0 saturated heterocycles. The zero-order valence-corrected chi connectivity index (χ0v) is 36.4. The minimum Gasteiger partial charge on any atom is -1.00 e. The van der Waals surface area contributed by atoms with E-state index in [1.165, 1.54) is 77.0 Å². The van der Waals surface area contributed by atoms with Gasteiger partial charge in [-0.3, -0.25) is 14.4 Å². The van der Waals surface area contributed by atoms with Crippen LogP contribution in [0.1, 0.15) is 173 Å². The van der Waals surface area contributed by atoms with Crippen molar-refractivity contribution in [1.29, 1.82) is 0 Å². The van der Waals surface area contributed by atoms with Crippen LogP contribution in [0.2, 0.25) is 0 Å². The van der Waals surface area contributed by atoms with Crippen molar-refractivity contribution in [1.82, 2.24) is 0 Å². The molecule has 3 N–H and O–H groups in total. The van der Waals surface area contributed by atoms with Crippen LogP contribution >= 0.6 is 0 Å². The Morgan fingerprint density at radius 2 is 1.41 bits per heavy atom. The number of carboxylic acids is 1. The van der Waals surface area contributed by atoms with Crippen molar-refractivity contribution in [3.8, 4) is 0 Å². The number of esters is 2. The number of carbonyl (C=O) groups excluding carboxylic acids is 2. The fourth-order valence-electron chi connectivity index (χ4n) is 7.45. The maximum Gasteiger partial charge on any atom is 2.00 e. The van der Waals surface area contributed by atoms with Gasteiger partial charge in [-0.2, -0.15) is 0 Å². The first-order valence-corrected chi connectivity index (χ1v) is 19.9. The predicted octanol–water partition coefficient (Wildman–Crippen LogP) is 6.21. The summed E-state index contributed by atoms with van der Waals surface area (Å²) in [5, 5.41) is 29.5. The molecule has 0 saturated carbocycles. The second kappa shape index (κ2) is 29.9. The Kier molecular flexibility index (Phi) is 29.6. The van der Waals surface area contributed by atoms with Crippen LogP contribution in [0.4, 0.5) is 0 Å². The molecule has 10 heteroatoms. The first kappa shape index (κ1) is 50.6. The number of ether oxygens (including phenoxy) is 2. The molecule has 0 bridgehead atoms. The monoisotopic (exact) mass is 741 g/mol. The summed E-state index contributed by atoms with van der Waals surface area (Å²) in [5.41, 5.74) is 0.987. The Labute approximate surface area is 352 Å². The molecule has 8 nitrogen and oxygen atoms in total. The smallest absolute Gasteiger partial charge is 1.00 e. The zero-order valence-electron chi connectivity index (χ0n) is 36.0. The van der Waals surface area contributed by atoms with Gasteiger partial charge < -0.3 is 29.1 Å². The Morgan fingerprint density at radius 1 is 0.863 bits per heavy atom. The number of hydrogen-bond acceptors (Lipinski definition) is 7. The fourth-order valence-corrected chi connectivity index (χ4v) is 7.45. The van der Waals surface area contributed by atoms with Crippen molar-refractivity contribution < 1.29 is 73.0 Å². The van der Waals surface area contributed by atoms with Gasteiger partial charge in [0.2, 0.25) is 0 Å². The molecule has 288 valence electrons. The van der Waals surface area contributed by atoms with Crippen LogP contribution < -0.4 is 29.6 Å². The summed E-state index contributed by atoms with van der Waals surface area (Å²) in [6.07, 6.45) is 24.5. The van der Waals surface area contributed by atoms with Gasteiger partial charge in [0.1, 0.15) is 12.2 Å². The van der Waals surface area contributed by atoms with Crippen molar-refractivity contribution in [2.75, 3.05) is 0 Å². The third-order valence-corrected chi connectivity index (χ3v) is 10.7. The van der Waals surface area contributed by atoms with Crippen LogP contribution in [0, 0.1) is 23.7 Å². The van der Waals surface area contributed by atoms with Crippen molar-refractivity contribution in [3.05, 3.63) is 23.8 Å². The van der Waals surface area contributed by atoms with Gasteiger partial charge in [0.05, 0.1) is 24.5 Å². The number of aliphatic carboxylic acids is 1. The molecular formula is C41H73MgNaO8. The molecule has 0 spiro atoms. The number of carbonyl (C=O) groups is 3. The van der Waals surface area contributed by atoms with Crippen LogP contribution in [0.25, 0.3) is 0 Å². The number of fused-ring (bicyclic) bond motifs is 1. The van der Waals surface area contributed by atoms with Gasteiger partial charge in [0.15, 0.2) is 0 Å². The Bertz CT molecular complexity index is 1040. The van der Waals surface area contributed by atoms with Gasteiger partial charge in [-0.1, -0.05) is 130 Å². The summed E-state index contributed by atoms with van der Waals surface area (Å²) in [6, 6.07) is 0. The molecule has 0 aliphatic heterocycles. The number of unbranched alkanes of at least 4 members (excludes halogenated alkanes) is 14. The van der Waals surface area contributed by atoms with Crippen LogP contribution in [-0.2, 0) is 23.9 Å². The van der Waals surface area contributed by atoms with E-state index in [1.807, 2.05) is 19.9 Å². The van der Waals surface area contributed by atoms with Crippen molar-refractivity contribution in [2.24, 2.45) is 23.7 Å². The molecule has 0 heterocycles. The average Bonchev–Trinajstić information content (AvgIpc) is 3.05. The number of rotatable bonds is 27. The van der Waals surface area contributed by atoms with E-state index in [9.17, 15) is 24.6 Å². The number of allylic oxidation sites excluding steroid dienone is 2. The molecule has 2 rings (SSSR count). The second-order valence-corrected chi connectivity index (χ2v) is 15.0. The van der Waals surface area contributed by atoms with Crippen LogP contribution in [0.5, 0.6) is 0 Å². The zero-order chi connectivity index (χ0) is 36.0. The normalized spacial score (nSPS) is 22.7. The summed E-state index contributed by atoms with van der Waals surface area (Å²) in [7, 11) is 0. The topological polar surface area (TPSA) is 130 Å². The molecule has 8 atom stereocenters. The molecule has 2 aliphatic rings. The largest absolute Gasteiger partial charge is 2.00 e. The third-order valence-electron chi connectivity index (χ3n) is 10.7. The van der Waals surface area contributed by atoms with E-state index >= 15 is 0 Å². The predicted molar refractivity (Wildman–Crippen MR) is 204 cm³/mol. The van der Waals surface area contributed by atoms with Gasteiger partial charge in [-0.05, 0) is 55.6 Å². The van der Waals surface area contributed by atoms with E-state index < -0.39 is 36.8 Å². The van der Waals surface area contributed by atoms with Gasteiger partial charge in [-0.25, -0.2) is 0 Å². The molecule has 51 heavy (non-hydrogen) atoms. The Morgan fingerprint density at radius 3 is 1.94 bits per heavy atom. The van der Waals surface area contributed by atoms with Gasteiger partial charge >= 0.3 is 70.5 Å². The fraction of sp³-hybridized carbons (Fsp3) is 0.829. The number of aliphatic hydroxyl groups is 2. The van der Waals surface area contributed by atoms with Gasteiger partial charge in [-0.15, -0.1) is 0 Å². The molecule has 0 aromatic carbocycles. The molecule has 0 amide bonds. The standard InChI is InChI=1S/C41H70O8.Mg.Na.3H/c1-5-7-8-9-10-11-12-13-14-15-16-17-18-19-20-21-39(46)48-35-26-32-23-22-31(4)36(25-24-33(42)27-34(43)28-38(44)45)40(32)37(29-35)49-41(47)30(3)6-2;;;;;/h22-23,26,30-31,33-37,40,42-43H,5-21,24-25,27-29H2,1-4H3,(H,44,45);;;;;/q;+2;+1;3*-1/t30-,31-,33+,34+,35+,36-,37-,40-;;;;;/m0...../s1. The number of carboxylic acid groups (broad SMARTS) is 1. The van der Waals surface area contributed by atoms with Gasteiger partial charge in [0.25, 0.3) is 0 Å². The van der Waals surface area contributed by atoms with Crippen LogP contribution in [0.3, 0.4) is 0 Å². The summed E-state index contributed by atoms with van der Waals surface area (Å²) in [5.74, 6) is -1.69. The third kappa shape index (κ3) is 21.3. The molecule has 2 aliphatic carbocycles. The Hall–Kier alpha value is -0.424. The molecule has 0 aromatic rings. The van der Waals surface area contributed by atoms with Crippen molar-refractivity contribution in [2.45, 2.75) is 193 Å². The summed E-state index contributed by atoms with van der Waals surface area (Å²) >= 11 is 0. The van der Waals surface area contributed by atoms with Crippen LogP contribution in [0.15, 0.2) is 23.8 Å². The molecule has 0 radical (unpaired) electrons. The summed E-state index contributed by atoms with van der Waals surface area (Å²) in [6.45, 7) is 8.19. The van der Waals surface area contributed by atoms with E-state index in [0.29, 0.717) is 32.1 Å². The van der Waals surface area contributed by atoms with E-state index in [4.69, 9.17) is 14.6 Å². The first-order valence-electron chi connectivity index (χ1n) is 19.9. The van der Waals surface area contributed by atoms with Gasteiger partial charge in [0, 0.05) is 18.8 Å². The summed E-state index contributed by atoms with van der Waals surface area (Å²) in [4.78, 5) is 36.8. The first-order chi connectivity index (χ1) is 23.5. The molecular weight excluding hydrogens is 668 g/mol. The van der Waals surface area contributed by atoms with E-state index in [1.54, 1.807) is 0 Å².